The first-order chi connectivity index (χ1) is 13.8. The number of carbonyl (C=O) groups excluding carboxylic acids is 2. The lowest BCUT2D eigenvalue weighted by Crippen LogP contribution is -2.29. The molecule has 1 aliphatic heterocycles. The molecular weight excluding hydrogens is 358 g/mol. The molecule has 0 N–H and O–H groups in total. The Morgan fingerprint density at radius 1 is 0.966 bits per heavy atom. The molecule has 0 aromatic heterocycles. The summed E-state index contributed by atoms with van der Waals surface area (Å²) in [4.78, 5) is 27.2. The highest BCUT2D eigenvalue weighted by molar-refractivity contribution is 6.22. The molecule has 0 fully saturated rings. The molecule has 29 heavy (non-hydrogen) atoms. The van der Waals surface area contributed by atoms with Crippen molar-refractivity contribution in [1.82, 2.24) is 4.90 Å². The van der Waals surface area contributed by atoms with E-state index in [0.717, 1.165) is 28.7 Å². The zero-order valence-corrected chi connectivity index (χ0v) is 17.6. The Morgan fingerprint density at radius 2 is 1.59 bits per heavy atom. The van der Waals surface area contributed by atoms with Gasteiger partial charge in [-0.1, -0.05) is 54.3 Å². The van der Waals surface area contributed by atoms with Gasteiger partial charge in [0, 0.05) is 5.70 Å². The molecule has 0 saturated carbocycles. The number of hydrogen-bond acceptors (Lipinski definition) is 2. The number of fused-ring (bicyclic) bond motifs is 1. The van der Waals surface area contributed by atoms with Crippen LogP contribution in [0.3, 0.4) is 0 Å². The maximum Gasteiger partial charge on any atom is 0.265 e. The largest absolute Gasteiger partial charge is 0.268 e. The van der Waals surface area contributed by atoms with Crippen LogP contribution in [0.1, 0.15) is 65.1 Å². The second-order valence-electron chi connectivity index (χ2n) is 7.52. The highest BCUT2D eigenvalue weighted by atomic mass is 16.2. The third kappa shape index (κ3) is 3.54. The average molecular weight is 383 g/mol. The molecule has 3 heteroatoms. The third-order valence-electron chi connectivity index (χ3n) is 5.28. The summed E-state index contributed by atoms with van der Waals surface area (Å²) in [6.45, 7) is 9.72. The van der Waals surface area contributed by atoms with Crippen LogP contribution in [0.5, 0.6) is 0 Å². The van der Waals surface area contributed by atoms with E-state index in [1.165, 1.54) is 10.5 Å². The van der Waals surface area contributed by atoms with E-state index < -0.39 is 0 Å². The Labute approximate surface area is 172 Å². The number of aryl methyl sites for hydroxylation is 2. The van der Waals surface area contributed by atoms with Gasteiger partial charge < -0.3 is 0 Å². The summed E-state index contributed by atoms with van der Waals surface area (Å²) in [5.74, 6) is 2.09. The molecular formula is C26H25NO2. The van der Waals surface area contributed by atoms with Gasteiger partial charge in [0.2, 0.25) is 0 Å². The summed E-state index contributed by atoms with van der Waals surface area (Å²) in [6.07, 6.45) is 6.86. The minimum atomic E-state index is -0.329. The van der Waals surface area contributed by atoms with Crippen molar-refractivity contribution in [3.8, 4) is 12.3 Å². The van der Waals surface area contributed by atoms with Crippen molar-refractivity contribution in [3.05, 3.63) is 87.1 Å². The van der Waals surface area contributed by atoms with Crippen LogP contribution < -0.4 is 0 Å². The minimum Gasteiger partial charge on any atom is -0.268 e. The molecule has 2 aromatic carbocycles. The molecule has 1 aliphatic rings. The first-order valence-electron chi connectivity index (χ1n) is 9.74. The molecule has 2 amide bonds. The zero-order valence-electron chi connectivity index (χ0n) is 17.6. The van der Waals surface area contributed by atoms with Crippen LogP contribution in [0.25, 0.3) is 5.57 Å². The summed E-state index contributed by atoms with van der Waals surface area (Å²) in [5.41, 5.74) is 6.93. The standard InChI is InChI=1S/C26H25NO2/c1-7-19-10-12-20(13-11-19)24(16(3)4)21(8-2)18(6)27-25(28)22-14-9-17(5)15-23(22)26(27)29/h2,9-15H,7H2,1,3-6H3/b21-18+. The van der Waals surface area contributed by atoms with Crippen LogP contribution >= 0.6 is 0 Å². The molecule has 0 spiro atoms. The normalized spacial score (nSPS) is 13.7. The number of benzene rings is 2. The van der Waals surface area contributed by atoms with E-state index in [2.05, 4.69) is 25.0 Å². The molecule has 2 aromatic rings. The Hall–Kier alpha value is -3.38. The van der Waals surface area contributed by atoms with Crippen molar-refractivity contribution in [2.75, 3.05) is 0 Å². The maximum atomic E-state index is 13.0. The van der Waals surface area contributed by atoms with Crippen molar-refractivity contribution in [2.24, 2.45) is 0 Å². The highest BCUT2D eigenvalue weighted by Crippen LogP contribution is 2.34. The number of imide groups is 1. The summed E-state index contributed by atoms with van der Waals surface area (Å²) in [5, 5.41) is 0. The fourth-order valence-electron chi connectivity index (χ4n) is 3.72. The number of nitrogens with zero attached hydrogens (tertiary/aromatic N) is 1. The first kappa shape index (κ1) is 20.4. The Kier molecular flexibility index (Phi) is 5.57. The molecule has 3 nitrogen and oxygen atoms in total. The van der Waals surface area contributed by atoms with Gasteiger partial charge in [0.05, 0.1) is 16.7 Å². The fourth-order valence-corrected chi connectivity index (χ4v) is 3.72. The molecule has 1 heterocycles. The summed E-state index contributed by atoms with van der Waals surface area (Å²) >= 11 is 0. The van der Waals surface area contributed by atoms with Gasteiger partial charge >= 0.3 is 0 Å². The van der Waals surface area contributed by atoms with Gasteiger partial charge in [0.15, 0.2) is 0 Å². The average Bonchev–Trinajstić information content (AvgIpc) is 2.95. The van der Waals surface area contributed by atoms with Crippen LogP contribution in [-0.4, -0.2) is 16.7 Å². The second kappa shape index (κ2) is 7.93. The molecule has 0 radical (unpaired) electrons. The lowest BCUT2D eigenvalue weighted by Gasteiger charge is -2.20. The molecule has 0 atom stereocenters. The van der Waals surface area contributed by atoms with Crippen LogP contribution in [0.15, 0.2) is 59.3 Å². The number of amides is 2. The van der Waals surface area contributed by atoms with E-state index >= 15 is 0 Å². The van der Waals surface area contributed by atoms with E-state index in [0.29, 0.717) is 22.4 Å². The van der Waals surface area contributed by atoms with E-state index in [9.17, 15) is 9.59 Å². The van der Waals surface area contributed by atoms with Crippen LogP contribution in [0.4, 0.5) is 0 Å². The van der Waals surface area contributed by atoms with Crippen LogP contribution in [-0.2, 0) is 6.42 Å². The summed E-state index contributed by atoms with van der Waals surface area (Å²) in [7, 11) is 0. The Balaban J connectivity index is 2.14. The minimum absolute atomic E-state index is 0.326. The first-order valence-corrected chi connectivity index (χ1v) is 9.74. The van der Waals surface area contributed by atoms with Gasteiger partial charge in [-0.2, -0.15) is 0 Å². The van der Waals surface area contributed by atoms with Crippen LogP contribution in [0.2, 0.25) is 0 Å². The lowest BCUT2D eigenvalue weighted by atomic mass is 9.92. The molecule has 3 rings (SSSR count). The number of hydrogen-bond donors (Lipinski definition) is 0. The Morgan fingerprint density at radius 3 is 2.14 bits per heavy atom. The topological polar surface area (TPSA) is 37.4 Å². The van der Waals surface area contributed by atoms with Crippen molar-refractivity contribution in [3.63, 3.8) is 0 Å². The second-order valence-corrected chi connectivity index (χ2v) is 7.52. The molecule has 0 saturated heterocycles. The van der Waals surface area contributed by atoms with Crippen molar-refractivity contribution >= 4 is 17.4 Å². The molecule has 0 unspecified atom stereocenters. The lowest BCUT2D eigenvalue weighted by molar-refractivity contribution is 0.0704. The number of terminal acetylenes is 1. The molecule has 146 valence electrons. The van der Waals surface area contributed by atoms with Crippen LogP contribution in [0, 0.1) is 19.3 Å². The SMILES string of the molecule is C#C/C(C(=C(C)C)c1ccc(CC)cc1)=C(/C)N1C(=O)c2ccc(C)cc2C1=O. The van der Waals surface area contributed by atoms with Gasteiger partial charge in [0.1, 0.15) is 0 Å². The van der Waals surface area contributed by atoms with Crippen molar-refractivity contribution in [2.45, 2.75) is 41.0 Å². The smallest absolute Gasteiger partial charge is 0.265 e. The van der Waals surface area contributed by atoms with E-state index in [4.69, 9.17) is 6.42 Å². The Bertz CT molecular complexity index is 1100. The van der Waals surface area contributed by atoms with E-state index in [1.54, 1.807) is 19.1 Å². The number of rotatable bonds is 4. The van der Waals surface area contributed by atoms with Gasteiger partial charge in [0.25, 0.3) is 11.8 Å². The fraction of sp³-hybridized carbons (Fsp3) is 0.231. The highest BCUT2D eigenvalue weighted by Gasteiger charge is 2.37. The van der Waals surface area contributed by atoms with Gasteiger partial charge in [-0.15, -0.1) is 6.42 Å². The van der Waals surface area contributed by atoms with E-state index in [-0.39, 0.29) is 11.8 Å². The summed E-state index contributed by atoms with van der Waals surface area (Å²) in [6, 6.07) is 13.5. The van der Waals surface area contributed by atoms with Crippen molar-refractivity contribution < 1.29 is 9.59 Å². The van der Waals surface area contributed by atoms with Gasteiger partial charge in [-0.3, -0.25) is 9.59 Å². The summed E-state index contributed by atoms with van der Waals surface area (Å²) < 4.78 is 0. The van der Waals surface area contributed by atoms with E-state index in [1.807, 2.05) is 39.0 Å². The predicted molar refractivity (Wildman–Crippen MR) is 117 cm³/mol. The third-order valence-corrected chi connectivity index (χ3v) is 5.28. The maximum absolute atomic E-state index is 13.0. The number of allylic oxidation sites excluding steroid dienone is 4. The molecule has 0 bridgehead atoms. The predicted octanol–water partition coefficient (Wildman–Crippen LogP) is 5.55. The monoisotopic (exact) mass is 383 g/mol. The van der Waals surface area contributed by atoms with Crippen molar-refractivity contribution in [1.29, 1.82) is 0 Å². The number of carbonyl (C=O) groups is 2. The molecule has 0 aliphatic carbocycles. The quantitative estimate of drug-likeness (QED) is 0.394. The zero-order chi connectivity index (χ0) is 21.3. The van der Waals surface area contributed by atoms with Gasteiger partial charge in [-0.25, -0.2) is 4.90 Å². The van der Waals surface area contributed by atoms with Gasteiger partial charge in [-0.05, 0) is 62.9 Å².